The Morgan fingerprint density at radius 1 is 1.36 bits per heavy atom. The van der Waals surface area contributed by atoms with Gasteiger partial charge in [-0.15, -0.1) is 0 Å². The Hall–Kier alpha value is -2.21. The molecule has 0 spiro atoms. The average molecular weight is 363 g/mol. The Morgan fingerprint density at radius 2 is 2.18 bits per heavy atom. The van der Waals surface area contributed by atoms with Crippen molar-refractivity contribution in [2.24, 2.45) is 0 Å². The minimum absolute atomic E-state index is 0.375. The maximum absolute atomic E-state index is 11.5. The first-order chi connectivity index (χ1) is 10.6. The van der Waals surface area contributed by atoms with Crippen LogP contribution in [0.25, 0.3) is 6.08 Å². The van der Waals surface area contributed by atoms with E-state index in [4.69, 9.17) is 9.47 Å². The van der Waals surface area contributed by atoms with Gasteiger partial charge >= 0.3 is 5.97 Å². The maximum atomic E-state index is 11.5. The van der Waals surface area contributed by atoms with Gasteiger partial charge in [-0.25, -0.2) is 4.79 Å². The van der Waals surface area contributed by atoms with Crippen molar-refractivity contribution in [1.82, 2.24) is 9.97 Å². The first-order valence-corrected chi connectivity index (χ1v) is 7.33. The van der Waals surface area contributed by atoms with E-state index in [1.807, 2.05) is 13.0 Å². The highest BCUT2D eigenvalue weighted by Crippen LogP contribution is 2.27. The van der Waals surface area contributed by atoms with Crippen molar-refractivity contribution in [3.05, 3.63) is 58.1 Å². The summed E-state index contributed by atoms with van der Waals surface area (Å²) in [4.78, 5) is 19.7. The van der Waals surface area contributed by atoms with Crippen molar-refractivity contribution in [2.75, 3.05) is 13.7 Å². The number of carbonyl (C=O) groups is 1. The van der Waals surface area contributed by atoms with Gasteiger partial charge in [0, 0.05) is 12.4 Å². The van der Waals surface area contributed by atoms with E-state index >= 15 is 0 Å². The van der Waals surface area contributed by atoms with Gasteiger partial charge in [0.05, 0.1) is 29.0 Å². The number of methoxy groups -OCH3 is 1. The van der Waals surface area contributed by atoms with E-state index in [-0.39, 0.29) is 0 Å². The van der Waals surface area contributed by atoms with Crippen LogP contribution >= 0.6 is 15.9 Å². The largest absolute Gasteiger partial charge is 0.488 e. The van der Waals surface area contributed by atoms with Crippen LogP contribution in [0.5, 0.6) is 5.75 Å². The third kappa shape index (κ3) is 4.39. The first kappa shape index (κ1) is 16.2. The fourth-order valence-corrected chi connectivity index (χ4v) is 2.09. The first-order valence-electron chi connectivity index (χ1n) is 6.54. The Kier molecular flexibility index (Phi) is 5.66. The van der Waals surface area contributed by atoms with E-state index in [1.54, 1.807) is 36.8 Å². The molecule has 1 aromatic heterocycles. The molecule has 114 valence electrons. The predicted molar refractivity (Wildman–Crippen MR) is 86.7 cm³/mol. The van der Waals surface area contributed by atoms with Crippen LogP contribution in [0.2, 0.25) is 0 Å². The summed E-state index contributed by atoms with van der Waals surface area (Å²) >= 11 is 3.40. The highest BCUT2D eigenvalue weighted by molar-refractivity contribution is 9.10. The lowest BCUT2D eigenvalue weighted by molar-refractivity contribution is 0.0600. The molecule has 1 heterocycles. The van der Waals surface area contributed by atoms with Crippen LogP contribution in [-0.4, -0.2) is 29.7 Å². The highest BCUT2D eigenvalue weighted by Gasteiger charge is 2.09. The van der Waals surface area contributed by atoms with Crippen molar-refractivity contribution >= 4 is 28.0 Å². The monoisotopic (exact) mass is 362 g/mol. The molecule has 0 saturated heterocycles. The van der Waals surface area contributed by atoms with Gasteiger partial charge in [0.15, 0.2) is 0 Å². The lowest BCUT2D eigenvalue weighted by atomic mass is 10.2. The maximum Gasteiger partial charge on any atom is 0.337 e. The topological polar surface area (TPSA) is 61.3 Å². The Morgan fingerprint density at radius 3 is 2.86 bits per heavy atom. The van der Waals surface area contributed by atoms with E-state index in [9.17, 15) is 4.79 Å². The standard InChI is InChI=1S/C16H15BrN2O3/c1-11(7-13-9-18-5-6-19-13)10-22-15-8-12(16(20)21-2)3-4-14(15)17/h3-9H,10H2,1-2H3/b11-7+. The minimum atomic E-state index is -0.399. The summed E-state index contributed by atoms with van der Waals surface area (Å²) in [7, 11) is 1.35. The van der Waals surface area contributed by atoms with Gasteiger partial charge in [0.25, 0.3) is 0 Å². The molecule has 2 aromatic rings. The zero-order valence-corrected chi connectivity index (χ0v) is 13.8. The number of aromatic nitrogens is 2. The molecule has 0 fully saturated rings. The number of hydrogen-bond donors (Lipinski definition) is 0. The fraction of sp³-hybridized carbons (Fsp3) is 0.188. The molecular weight excluding hydrogens is 348 g/mol. The van der Waals surface area contributed by atoms with Gasteiger partial charge in [0.1, 0.15) is 12.4 Å². The summed E-state index contributed by atoms with van der Waals surface area (Å²) in [6.45, 7) is 2.31. The predicted octanol–water partition coefficient (Wildman–Crippen LogP) is 3.51. The van der Waals surface area contributed by atoms with Gasteiger partial charge in [-0.1, -0.05) is 0 Å². The van der Waals surface area contributed by atoms with Crippen molar-refractivity contribution in [2.45, 2.75) is 6.92 Å². The van der Waals surface area contributed by atoms with Crippen LogP contribution in [0, 0.1) is 0 Å². The Labute approximate surface area is 137 Å². The van der Waals surface area contributed by atoms with Crippen molar-refractivity contribution < 1.29 is 14.3 Å². The lowest BCUT2D eigenvalue weighted by Gasteiger charge is -2.10. The molecule has 0 unspecified atom stereocenters. The molecule has 0 radical (unpaired) electrons. The Balaban J connectivity index is 2.08. The second-order valence-corrected chi connectivity index (χ2v) is 5.40. The van der Waals surface area contributed by atoms with E-state index < -0.39 is 5.97 Å². The van der Waals surface area contributed by atoms with Crippen LogP contribution in [0.4, 0.5) is 0 Å². The molecular formula is C16H15BrN2O3. The van der Waals surface area contributed by atoms with Gasteiger partial charge in [-0.05, 0) is 52.7 Å². The number of rotatable bonds is 5. The summed E-state index contributed by atoms with van der Waals surface area (Å²) in [5.41, 5.74) is 2.19. The molecule has 5 nitrogen and oxygen atoms in total. The number of carbonyl (C=O) groups excluding carboxylic acids is 1. The zero-order chi connectivity index (χ0) is 15.9. The lowest BCUT2D eigenvalue weighted by Crippen LogP contribution is -2.04. The van der Waals surface area contributed by atoms with Crippen molar-refractivity contribution in [1.29, 1.82) is 0 Å². The SMILES string of the molecule is COC(=O)c1ccc(Br)c(OC/C(C)=C/c2cnccn2)c1. The third-order valence-electron chi connectivity index (χ3n) is 2.79. The molecule has 0 N–H and O–H groups in total. The number of esters is 1. The number of nitrogens with zero attached hydrogens (tertiary/aromatic N) is 2. The molecule has 0 aliphatic heterocycles. The summed E-state index contributed by atoms with van der Waals surface area (Å²) in [5.74, 6) is 0.180. The molecule has 0 aliphatic carbocycles. The summed E-state index contributed by atoms with van der Waals surface area (Å²) in [5, 5.41) is 0. The molecule has 0 amide bonds. The molecule has 2 rings (SSSR count). The Bertz CT molecular complexity index is 687. The second-order valence-electron chi connectivity index (χ2n) is 4.55. The number of hydrogen-bond acceptors (Lipinski definition) is 5. The van der Waals surface area contributed by atoms with Crippen molar-refractivity contribution in [3.8, 4) is 5.75 Å². The van der Waals surface area contributed by atoms with Crippen LogP contribution in [-0.2, 0) is 4.74 Å². The quantitative estimate of drug-likeness (QED) is 0.761. The van der Waals surface area contributed by atoms with Gasteiger partial charge in [0.2, 0.25) is 0 Å². The molecule has 0 atom stereocenters. The molecule has 0 bridgehead atoms. The number of ether oxygens (including phenoxy) is 2. The third-order valence-corrected chi connectivity index (χ3v) is 3.44. The molecule has 1 aromatic carbocycles. The van der Waals surface area contributed by atoms with E-state index in [0.29, 0.717) is 17.9 Å². The summed E-state index contributed by atoms with van der Waals surface area (Å²) in [6, 6.07) is 5.07. The van der Waals surface area contributed by atoms with Crippen LogP contribution in [0.1, 0.15) is 23.0 Å². The highest BCUT2D eigenvalue weighted by atomic mass is 79.9. The van der Waals surface area contributed by atoms with E-state index in [2.05, 4.69) is 25.9 Å². The molecule has 0 saturated carbocycles. The van der Waals surface area contributed by atoms with Crippen LogP contribution in [0.15, 0.2) is 46.8 Å². The number of benzene rings is 1. The van der Waals surface area contributed by atoms with E-state index in [0.717, 1.165) is 15.7 Å². The number of halogens is 1. The minimum Gasteiger partial charge on any atom is -0.488 e. The zero-order valence-electron chi connectivity index (χ0n) is 12.2. The average Bonchev–Trinajstić information content (AvgIpc) is 2.54. The molecule has 0 aliphatic rings. The summed E-state index contributed by atoms with van der Waals surface area (Å²) in [6.07, 6.45) is 6.83. The van der Waals surface area contributed by atoms with E-state index in [1.165, 1.54) is 7.11 Å². The van der Waals surface area contributed by atoms with Gasteiger partial charge in [-0.2, -0.15) is 0 Å². The molecule has 6 heteroatoms. The normalized spacial score (nSPS) is 11.1. The summed E-state index contributed by atoms with van der Waals surface area (Å²) < 4.78 is 11.2. The van der Waals surface area contributed by atoms with Crippen LogP contribution < -0.4 is 4.74 Å². The molecule has 22 heavy (non-hydrogen) atoms. The van der Waals surface area contributed by atoms with Gasteiger partial charge in [-0.3, -0.25) is 9.97 Å². The van der Waals surface area contributed by atoms with Gasteiger partial charge < -0.3 is 9.47 Å². The van der Waals surface area contributed by atoms with Crippen LogP contribution in [0.3, 0.4) is 0 Å². The van der Waals surface area contributed by atoms with Crippen molar-refractivity contribution in [3.63, 3.8) is 0 Å². The fourth-order valence-electron chi connectivity index (χ4n) is 1.73. The second kappa shape index (κ2) is 7.70. The smallest absolute Gasteiger partial charge is 0.337 e.